The van der Waals surface area contributed by atoms with E-state index in [1.165, 1.54) is 0 Å². The average Bonchev–Trinajstić information content (AvgIpc) is 3.04. The van der Waals surface area contributed by atoms with Crippen molar-refractivity contribution >= 4 is 12.3 Å². The van der Waals surface area contributed by atoms with Gasteiger partial charge in [-0.15, -0.1) is 0 Å². The molecule has 3 aromatic rings. The highest BCUT2D eigenvalue weighted by molar-refractivity contribution is 5.71. The first-order valence-electron chi connectivity index (χ1n) is 7.62. The summed E-state index contributed by atoms with van der Waals surface area (Å²) in [5.41, 5.74) is 4.90. The van der Waals surface area contributed by atoms with E-state index in [0.29, 0.717) is 24.6 Å². The van der Waals surface area contributed by atoms with Crippen LogP contribution in [0.4, 0.5) is 5.88 Å². The predicted molar refractivity (Wildman–Crippen MR) is 91.9 cm³/mol. The lowest BCUT2D eigenvalue weighted by atomic mass is 10.1. The van der Waals surface area contributed by atoms with E-state index in [1.54, 1.807) is 6.07 Å². The number of aromatic nitrogens is 1. The molecule has 2 aromatic carbocycles. The lowest BCUT2D eigenvalue weighted by Gasteiger charge is -2.12. The van der Waals surface area contributed by atoms with Crippen LogP contribution < -0.4 is 10.1 Å². The minimum Gasteiger partial charge on any atom is -0.488 e. The third-order valence-electron chi connectivity index (χ3n) is 3.75. The maximum atomic E-state index is 10.4. The second-order valence-corrected chi connectivity index (χ2v) is 5.55. The van der Waals surface area contributed by atoms with Gasteiger partial charge in [-0.1, -0.05) is 47.6 Å². The highest BCUT2D eigenvalue weighted by atomic mass is 16.5. The minimum absolute atomic E-state index is 0.322. The Labute approximate surface area is 140 Å². The second kappa shape index (κ2) is 7.00. The molecule has 0 unspecified atom stereocenters. The van der Waals surface area contributed by atoms with Crippen molar-refractivity contribution in [2.45, 2.75) is 20.5 Å². The number of nitrogens with zero attached hydrogens (tertiary/aromatic N) is 1. The van der Waals surface area contributed by atoms with E-state index in [1.807, 2.05) is 56.3 Å². The quantitative estimate of drug-likeness (QED) is 0.694. The van der Waals surface area contributed by atoms with Crippen molar-refractivity contribution in [1.29, 1.82) is 0 Å². The van der Waals surface area contributed by atoms with Crippen LogP contribution in [0.1, 0.15) is 16.7 Å². The third kappa shape index (κ3) is 3.46. The van der Waals surface area contributed by atoms with Gasteiger partial charge in [-0.25, -0.2) is 0 Å². The molecule has 0 fully saturated rings. The van der Waals surface area contributed by atoms with Gasteiger partial charge in [0.15, 0.2) is 0 Å². The maximum absolute atomic E-state index is 10.4. The lowest BCUT2D eigenvalue weighted by molar-refractivity contribution is -0.105. The van der Waals surface area contributed by atoms with Gasteiger partial charge in [-0.2, -0.15) is 0 Å². The molecule has 0 aliphatic carbocycles. The van der Waals surface area contributed by atoms with Gasteiger partial charge in [0.2, 0.25) is 12.3 Å². The molecule has 0 spiro atoms. The van der Waals surface area contributed by atoms with E-state index < -0.39 is 0 Å². The molecule has 24 heavy (non-hydrogen) atoms. The SMILES string of the molecule is Cc1cccc(C)c1OCc1ccc(-c2cc(NC=O)on2)cc1. The molecule has 1 heterocycles. The van der Waals surface area contributed by atoms with Crippen molar-refractivity contribution in [2.75, 3.05) is 5.32 Å². The fourth-order valence-electron chi connectivity index (χ4n) is 2.49. The van der Waals surface area contributed by atoms with Gasteiger partial charge in [-0.05, 0) is 30.5 Å². The molecule has 1 N–H and O–H groups in total. The van der Waals surface area contributed by atoms with Crippen LogP contribution in [0, 0.1) is 13.8 Å². The van der Waals surface area contributed by atoms with Gasteiger partial charge < -0.3 is 9.26 Å². The molecule has 122 valence electrons. The highest BCUT2D eigenvalue weighted by Gasteiger charge is 2.07. The van der Waals surface area contributed by atoms with Crippen molar-refractivity contribution in [3.05, 3.63) is 65.2 Å². The van der Waals surface area contributed by atoms with Gasteiger partial charge in [0.05, 0.1) is 0 Å². The van der Waals surface area contributed by atoms with E-state index in [0.717, 1.165) is 28.0 Å². The van der Waals surface area contributed by atoms with Gasteiger partial charge in [-0.3, -0.25) is 10.1 Å². The maximum Gasteiger partial charge on any atom is 0.231 e. The Morgan fingerprint density at radius 3 is 2.50 bits per heavy atom. The molecule has 0 atom stereocenters. The average molecular weight is 322 g/mol. The number of anilines is 1. The molecule has 0 bridgehead atoms. The molecular weight excluding hydrogens is 304 g/mol. The van der Waals surface area contributed by atoms with E-state index >= 15 is 0 Å². The van der Waals surface area contributed by atoms with Crippen molar-refractivity contribution in [1.82, 2.24) is 5.16 Å². The van der Waals surface area contributed by atoms with Crippen LogP contribution >= 0.6 is 0 Å². The van der Waals surface area contributed by atoms with E-state index in [2.05, 4.69) is 10.5 Å². The summed E-state index contributed by atoms with van der Waals surface area (Å²) >= 11 is 0. The molecule has 1 aromatic heterocycles. The minimum atomic E-state index is 0.322. The number of benzene rings is 2. The summed E-state index contributed by atoms with van der Waals surface area (Å²) in [6, 6.07) is 15.7. The molecule has 0 aliphatic rings. The normalized spacial score (nSPS) is 10.4. The number of carbonyl (C=O) groups excluding carboxylic acids is 1. The lowest BCUT2D eigenvalue weighted by Crippen LogP contribution is -1.98. The monoisotopic (exact) mass is 322 g/mol. The van der Waals surface area contributed by atoms with Crippen LogP contribution in [-0.2, 0) is 11.4 Å². The van der Waals surface area contributed by atoms with Crippen molar-refractivity contribution in [3.63, 3.8) is 0 Å². The van der Waals surface area contributed by atoms with Crippen molar-refractivity contribution in [3.8, 4) is 17.0 Å². The zero-order chi connectivity index (χ0) is 16.9. The Morgan fingerprint density at radius 1 is 1.12 bits per heavy atom. The smallest absolute Gasteiger partial charge is 0.231 e. The first kappa shape index (κ1) is 15.8. The molecular formula is C19H18N2O3. The van der Waals surface area contributed by atoms with Crippen LogP contribution in [-0.4, -0.2) is 11.6 Å². The Bertz CT molecular complexity index is 818. The fourth-order valence-corrected chi connectivity index (χ4v) is 2.49. The van der Waals surface area contributed by atoms with Crippen LogP contribution in [0.5, 0.6) is 5.75 Å². The molecule has 1 amide bonds. The van der Waals surface area contributed by atoms with Gasteiger partial charge >= 0.3 is 0 Å². The first-order valence-corrected chi connectivity index (χ1v) is 7.62. The van der Waals surface area contributed by atoms with Gasteiger partial charge in [0.25, 0.3) is 0 Å². The van der Waals surface area contributed by atoms with Crippen LogP contribution in [0.15, 0.2) is 53.1 Å². The summed E-state index contributed by atoms with van der Waals surface area (Å²) < 4.78 is 11.0. The van der Waals surface area contributed by atoms with Gasteiger partial charge in [0, 0.05) is 11.6 Å². The Morgan fingerprint density at radius 2 is 1.83 bits per heavy atom. The number of rotatable bonds is 6. The van der Waals surface area contributed by atoms with Gasteiger partial charge in [0.1, 0.15) is 18.1 Å². The summed E-state index contributed by atoms with van der Waals surface area (Å²) in [6.45, 7) is 4.59. The van der Waals surface area contributed by atoms with Crippen LogP contribution in [0.3, 0.4) is 0 Å². The number of aryl methyl sites for hydroxylation is 2. The summed E-state index contributed by atoms with van der Waals surface area (Å²) in [5.74, 6) is 1.25. The zero-order valence-corrected chi connectivity index (χ0v) is 13.6. The number of para-hydroxylation sites is 1. The summed E-state index contributed by atoms with van der Waals surface area (Å²) in [4.78, 5) is 10.4. The standard InChI is InChI=1S/C19H18N2O3/c1-13-4-3-5-14(2)19(13)23-11-15-6-8-16(9-7-15)17-10-18(20-12-22)24-21-17/h3-10,12H,11H2,1-2H3,(H,20,22). The zero-order valence-electron chi connectivity index (χ0n) is 13.6. The van der Waals surface area contributed by atoms with E-state index in [9.17, 15) is 4.79 Å². The number of hydrogen-bond donors (Lipinski definition) is 1. The largest absolute Gasteiger partial charge is 0.488 e. The molecule has 0 aliphatic heterocycles. The number of amides is 1. The van der Waals surface area contributed by atoms with Crippen LogP contribution in [0.25, 0.3) is 11.3 Å². The van der Waals surface area contributed by atoms with E-state index in [4.69, 9.17) is 9.26 Å². The fraction of sp³-hybridized carbons (Fsp3) is 0.158. The summed E-state index contributed by atoms with van der Waals surface area (Å²) in [5, 5.41) is 6.35. The van der Waals surface area contributed by atoms with E-state index in [-0.39, 0.29) is 0 Å². The summed E-state index contributed by atoms with van der Waals surface area (Å²) in [6.07, 6.45) is 0.554. The number of nitrogens with one attached hydrogen (secondary N) is 1. The van der Waals surface area contributed by atoms with Crippen molar-refractivity contribution < 1.29 is 14.1 Å². The van der Waals surface area contributed by atoms with Crippen molar-refractivity contribution in [2.24, 2.45) is 0 Å². The predicted octanol–water partition coefficient (Wildman–Crippen LogP) is 4.11. The molecule has 5 nitrogen and oxygen atoms in total. The molecule has 3 rings (SSSR count). The Kier molecular flexibility index (Phi) is 4.61. The number of hydrogen-bond acceptors (Lipinski definition) is 4. The number of carbonyl (C=O) groups is 1. The summed E-state index contributed by atoms with van der Waals surface area (Å²) in [7, 11) is 0. The highest BCUT2D eigenvalue weighted by Crippen LogP contribution is 2.25. The molecule has 0 saturated heterocycles. The molecule has 0 saturated carbocycles. The first-order chi connectivity index (χ1) is 11.7. The van der Waals surface area contributed by atoms with Crippen LogP contribution in [0.2, 0.25) is 0 Å². The second-order valence-electron chi connectivity index (χ2n) is 5.55. The number of ether oxygens (including phenoxy) is 1. The Hall–Kier alpha value is -3.08. The Balaban J connectivity index is 1.69. The molecule has 0 radical (unpaired) electrons. The molecule has 5 heteroatoms. The third-order valence-corrected chi connectivity index (χ3v) is 3.75. The topological polar surface area (TPSA) is 64.4 Å².